The Labute approximate surface area is 209 Å². The van der Waals surface area contributed by atoms with Crippen LogP contribution < -0.4 is 5.32 Å². The summed E-state index contributed by atoms with van der Waals surface area (Å²) in [6.45, 7) is 15.2. The summed E-state index contributed by atoms with van der Waals surface area (Å²) < 4.78 is 0. The van der Waals surface area contributed by atoms with Crippen LogP contribution >= 0.6 is 11.3 Å². The first-order valence-corrected chi connectivity index (χ1v) is 12.7. The molecule has 0 aliphatic heterocycles. The van der Waals surface area contributed by atoms with Gasteiger partial charge >= 0.3 is 5.97 Å². The average Bonchev–Trinajstić information content (AvgIpc) is 3.24. The highest BCUT2D eigenvalue weighted by atomic mass is 32.1. The fourth-order valence-corrected chi connectivity index (χ4v) is 3.63. The molecule has 0 bridgehead atoms. The highest BCUT2D eigenvalue weighted by Crippen LogP contribution is 2.35. The van der Waals surface area contributed by atoms with Gasteiger partial charge in [0.05, 0.1) is 5.69 Å². The van der Waals surface area contributed by atoms with Gasteiger partial charge in [0.1, 0.15) is 10.5 Å². The first-order valence-electron chi connectivity index (χ1n) is 11.8. The third kappa shape index (κ3) is 9.87. The van der Waals surface area contributed by atoms with Gasteiger partial charge < -0.3 is 10.4 Å². The van der Waals surface area contributed by atoms with E-state index in [4.69, 9.17) is 10.1 Å². The summed E-state index contributed by atoms with van der Waals surface area (Å²) in [5, 5.41) is 13.8. The SMILES string of the molecule is CC.CC.CC(C)(NC=O)C(=O)O.CCc1csc(C2=CC=CC(C)C=C2c2ccccc2)n1. The Morgan fingerprint density at radius 3 is 2.24 bits per heavy atom. The molecule has 0 spiro atoms. The Morgan fingerprint density at radius 2 is 1.76 bits per heavy atom. The number of rotatable bonds is 6. The van der Waals surface area contributed by atoms with Crippen LogP contribution in [0.3, 0.4) is 0 Å². The lowest BCUT2D eigenvalue weighted by atomic mass is 9.96. The van der Waals surface area contributed by atoms with Crippen molar-refractivity contribution in [2.24, 2.45) is 5.92 Å². The smallest absolute Gasteiger partial charge is 0.328 e. The average molecular weight is 485 g/mol. The first kappa shape index (κ1) is 31.0. The van der Waals surface area contributed by atoms with Crippen LogP contribution in [0.15, 0.2) is 60.0 Å². The van der Waals surface area contributed by atoms with E-state index in [1.807, 2.05) is 27.7 Å². The van der Waals surface area contributed by atoms with Crippen molar-refractivity contribution in [2.75, 3.05) is 0 Å². The zero-order valence-electron chi connectivity index (χ0n) is 21.8. The number of amides is 1. The molecule has 1 atom stereocenters. The number of allylic oxidation sites excluding steroid dienone is 6. The second-order valence-corrected chi connectivity index (χ2v) is 8.32. The van der Waals surface area contributed by atoms with Crippen LogP contribution in [0.4, 0.5) is 0 Å². The minimum Gasteiger partial charge on any atom is -0.480 e. The molecule has 1 amide bonds. The van der Waals surface area contributed by atoms with Gasteiger partial charge in [-0.05, 0) is 37.3 Å². The second-order valence-electron chi connectivity index (χ2n) is 7.46. The summed E-state index contributed by atoms with van der Waals surface area (Å²) in [6, 6.07) is 10.6. The zero-order valence-corrected chi connectivity index (χ0v) is 22.6. The monoisotopic (exact) mass is 484 g/mol. The lowest BCUT2D eigenvalue weighted by Crippen LogP contribution is -2.45. The Bertz CT molecular complexity index is 957. The number of nitrogens with zero attached hydrogens (tertiary/aromatic N) is 1. The number of hydrogen-bond donors (Lipinski definition) is 2. The largest absolute Gasteiger partial charge is 0.480 e. The maximum absolute atomic E-state index is 10.2. The van der Waals surface area contributed by atoms with Gasteiger partial charge in [-0.15, -0.1) is 11.3 Å². The van der Waals surface area contributed by atoms with Crippen molar-refractivity contribution in [1.82, 2.24) is 10.3 Å². The van der Waals surface area contributed by atoms with E-state index in [2.05, 4.69) is 79.2 Å². The molecular weight excluding hydrogens is 444 g/mol. The van der Waals surface area contributed by atoms with Gasteiger partial charge in [0, 0.05) is 11.0 Å². The van der Waals surface area contributed by atoms with Gasteiger partial charge in [-0.3, -0.25) is 4.79 Å². The number of nitrogens with one attached hydrogen (secondary N) is 1. The van der Waals surface area contributed by atoms with Gasteiger partial charge in [0.25, 0.3) is 0 Å². The molecule has 0 radical (unpaired) electrons. The molecule has 5 nitrogen and oxygen atoms in total. The van der Waals surface area contributed by atoms with Crippen LogP contribution in [0.25, 0.3) is 11.1 Å². The molecule has 1 unspecified atom stereocenters. The minimum absolute atomic E-state index is 0.369. The molecule has 1 aromatic heterocycles. The van der Waals surface area contributed by atoms with Gasteiger partial charge in [0.15, 0.2) is 0 Å². The molecule has 2 N–H and O–H groups in total. The molecule has 0 fully saturated rings. The molecule has 0 saturated heterocycles. The summed E-state index contributed by atoms with van der Waals surface area (Å²) in [4.78, 5) is 24.7. The predicted molar refractivity (Wildman–Crippen MR) is 146 cm³/mol. The van der Waals surface area contributed by atoms with Crippen LogP contribution in [0, 0.1) is 5.92 Å². The number of thiazole rings is 1. The van der Waals surface area contributed by atoms with Crippen molar-refractivity contribution < 1.29 is 14.7 Å². The Balaban J connectivity index is 0.000000710. The Morgan fingerprint density at radius 1 is 1.15 bits per heavy atom. The third-order valence-electron chi connectivity index (χ3n) is 4.58. The normalized spacial score (nSPS) is 14.3. The van der Waals surface area contributed by atoms with Crippen LogP contribution in [-0.4, -0.2) is 28.0 Å². The van der Waals surface area contributed by atoms with E-state index in [-0.39, 0.29) is 0 Å². The molecule has 2 aromatic rings. The number of carboxylic acids is 1. The van der Waals surface area contributed by atoms with E-state index >= 15 is 0 Å². The molecule has 186 valence electrons. The van der Waals surface area contributed by atoms with Gasteiger partial charge in [0.2, 0.25) is 6.41 Å². The van der Waals surface area contributed by atoms with Crippen LogP contribution in [-0.2, 0) is 16.0 Å². The summed E-state index contributed by atoms with van der Waals surface area (Å²) in [5.74, 6) is -0.617. The molecule has 0 saturated carbocycles. The summed E-state index contributed by atoms with van der Waals surface area (Å²) in [5.41, 5.74) is 3.79. The number of aliphatic carboxylic acids is 1. The summed E-state index contributed by atoms with van der Waals surface area (Å²) in [7, 11) is 0. The van der Waals surface area contributed by atoms with E-state index in [0.717, 1.165) is 11.4 Å². The maximum atomic E-state index is 10.2. The molecule has 6 heteroatoms. The van der Waals surface area contributed by atoms with Gasteiger partial charge in [-0.2, -0.15) is 0 Å². The maximum Gasteiger partial charge on any atom is 0.328 e. The zero-order chi connectivity index (χ0) is 26.1. The lowest BCUT2D eigenvalue weighted by Gasteiger charge is -2.16. The third-order valence-corrected chi connectivity index (χ3v) is 5.51. The first-order chi connectivity index (χ1) is 16.3. The van der Waals surface area contributed by atoms with Crippen molar-refractivity contribution >= 4 is 34.9 Å². The topological polar surface area (TPSA) is 79.3 Å². The van der Waals surface area contributed by atoms with E-state index in [1.54, 1.807) is 11.3 Å². The number of carbonyl (C=O) groups is 2. The summed E-state index contributed by atoms with van der Waals surface area (Å²) in [6.07, 6.45) is 10.3. The highest BCUT2D eigenvalue weighted by molar-refractivity contribution is 7.11. The number of carbonyl (C=O) groups excluding carboxylic acids is 1. The number of carboxylic acid groups (broad SMARTS) is 1. The fourth-order valence-electron chi connectivity index (χ4n) is 2.68. The van der Waals surface area contributed by atoms with E-state index < -0.39 is 11.5 Å². The molecule has 3 rings (SSSR count). The van der Waals surface area contributed by atoms with Crippen molar-refractivity contribution in [1.29, 1.82) is 0 Å². The fraction of sp³-hybridized carbons (Fsp3) is 0.393. The molecule has 34 heavy (non-hydrogen) atoms. The molecule has 1 heterocycles. The van der Waals surface area contributed by atoms with Crippen LogP contribution in [0.1, 0.15) is 71.7 Å². The predicted octanol–water partition coefficient (Wildman–Crippen LogP) is 7.03. The van der Waals surface area contributed by atoms with E-state index in [1.165, 1.54) is 36.3 Å². The standard InChI is InChI=1S/C19H19NS.C5H9NO3.2C2H6/c1-3-16-13-21-19(20-16)17-11-7-8-14(2)12-18(17)15-9-5-4-6-10-15;1-5(2,4(8)9)6-3-7;2*1-2/h4-14H,3H2,1-2H3;3H,1-2H3,(H,6,7)(H,8,9);2*1-2H3. The van der Waals surface area contributed by atoms with E-state index in [9.17, 15) is 9.59 Å². The summed E-state index contributed by atoms with van der Waals surface area (Å²) >= 11 is 1.74. The Hall–Kier alpha value is -2.99. The second kappa shape index (κ2) is 16.6. The van der Waals surface area contributed by atoms with Crippen molar-refractivity contribution in [2.45, 2.75) is 67.3 Å². The van der Waals surface area contributed by atoms with Crippen molar-refractivity contribution in [3.05, 3.63) is 76.3 Å². The molecule has 1 aromatic carbocycles. The van der Waals surface area contributed by atoms with Crippen molar-refractivity contribution in [3.8, 4) is 0 Å². The molecule has 1 aliphatic carbocycles. The lowest BCUT2D eigenvalue weighted by molar-refractivity contribution is -0.144. The number of benzene rings is 1. The Kier molecular flexibility index (Phi) is 15.1. The minimum atomic E-state index is -1.15. The number of aryl methyl sites for hydroxylation is 1. The molecular formula is C28H40N2O3S. The highest BCUT2D eigenvalue weighted by Gasteiger charge is 2.25. The number of hydrogen-bond acceptors (Lipinski definition) is 4. The quantitative estimate of drug-likeness (QED) is 0.432. The van der Waals surface area contributed by atoms with Crippen LogP contribution in [0.2, 0.25) is 0 Å². The number of aromatic nitrogens is 1. The molecule has 1 aliphatic rings. The van der Waals surface area contributed by atoms with Gasteiger partial charge in [-0.1, -0.05) is 96.2 Å². The van der Waals surface area contributed by atoms with Gasteiger partial charge in [-0.25, -0.2) is 9.78 Å². The van der Waals surface area contributed by atoms with E-state index in [0.29, 0.717) is 12.3 Å². The van der Waals surface area contributed by atoms with Crippen LogP contribution in [0.5, 0.6) is 0 Å². The van der Waals surface area contributed by atoms with Crippen molar-refractivity contribution in [3.63, 3.8) is 0 Å².